The molecule has 142 valence electrons. The first kappa shape index (κ1) is 20.3. The summed E-state index contributed by atoms with van der Waals surface area (Å²) in [5.74, 6) is -1.52. The van der Waals surface area contributed by atoms with E-state index in [2.05, 4.69) is 5.32 Å². The fourth-order valence-electron chi connectivity index (χ4n) is 2.81. The zero-order valence-corrected chi connectivity index (χ0v) is 15.5. The van der Waals surface area contributed by atoms with Gasteiger partial charge in [-0.15, -0.1) is 0 Å². The maximum absolute atomic E-state index is 12.8. The van der Waals surface area contributed by atoms with Crippen LogP contribution in [0.3, 0.4) is 0 Å². The highest BCUT2D eigenvalue weighted by Crippen LogP contribution is 2.20. The second-order valence-corrected chi connectivity index (χ2v) is 6.27. The number of anilines is 1. The molecular formula is C21H24N2O4. The Kier molecular flexibility index (Phi) is 7.25. The molecule has 0 saturated heterocycles. The highest BCUT2D eigenvalue weighted by molar-refractivity contribution is 6.14. The van der Waals surface area contributed by atoms with Crippen LogP contribution in [0.4, 0.5) is 5.69 Å². The van der Waals surface area contributed by atoms with Gasteiger partial charge in [0, 0.05) is 11.1 Å². The number of amides is 1. The molecule has 2 rings (SSSR count). The molecule has 1 atom stereocenters. The van der Waals surface area contributed by atoms with Crippen molar-refractivity contribution in [2.45, 2.75) is 26.3 Å². The van der Waals surface area contributed by atoms with Gasteiger partial charge in [-0.1, -0.05) is 49.4 Å². The van der Waals surface area contributed by atoms with Crippen molar-refractivity contribution in [3.8, 4) is 0 Å². The van der Waals surface area contributed by atoms with E-state index in [1.807, 2.05) is 13.0 Å². The highest BCUT2D eigenvalue weighted by Gasteiger charge is 2.24. The Hall–Kier alpha value is -2.99. The SMILES string of the molecule is CCCN(CC(=O)O)C(C)C(=O)Nc1ccccc1C(=O)c1ccccc1. The Labute approximate surface area is 158 Å². The average Bonchev–Trinajstić information content (AvgIpc) is 2.67. The van der Waals surface area contributed by atoms with Crippen molar-refractivity contribution in [3.63, 3.8) is 0 Å². The molecule has 0 aliphatic heterocycles. The van der Waals surface area contributed by atoms with Crippen LogP contribution >= 0.6 is 0 Å². The van der Waals surface area contributed by atoms with Gasteiger partial charge >= 0.3 is 5.97 Å². The number of hydrogen-bond acceptors (Lipinski definition) is 4. The van der Waals surface area contributed by atoms with E-state index in [0.717, 1.165) is 6.42 Å². The second kappa shape index (κ2) is 9.64. The van der Waals surface area contributed by atoms with Gasteiger partial charge in [-0.2, -0.15) is 0 Å². The zero-order valence-electron chi connectivity index (χ0n) is 15.5. The van der Waals surface area contributed by atoms with E-state index in [1.54, 1.807) is 60.4 Å². The summed E-state index contributed by atoms with van der Waals surface area (Å²) >= 11 is 0. The molecule has 0 radical (unpaired) electrons. The van der Waals surface area contributed by atoms with E-state index in [-0.39, 0.29) is 18.2 Å². The van der Waals surface area contributed by atoms with Gasteiger partial charge in [0.15, 0.2) is 5.78 Å². The molecule has 2 N–H and O–H groups in total. The Morgan fingerprint density at radius 3 is 2.30 bits per heavy atom. The molecule has 0 heterocycles. The summed E-state index contributed by atoms with van der Waals surface area (Å²) in [6.07, 6.45) is 0.730. The minimum atomic E-state index is -0.984. The first-order chi connectivity index (χ1) is 12.9. The largest absolute Gasteiger partial charge is 0.480 e. The average molecular weight is 368 g/mol. The number of carbonyl (C=O) groups is 3. The number of rotatable bonds is 9. The molecule has 0 aromatic heterocycles. The lowest BCUT2D eigenvalue weighted by atomic mass is 10.0. The number of nitrogens with one attached hydrogen (secondary N) is 1. The molecule has 0 bridgehead atoms. The molecule has 1 unspecified atom stereocenters. The van der Waals surface area contributed by atoms with Crippen molar-refractivity contribution in [2.24, 2.45) is 0 Å². The van der Waals surface area contributed by atoms with E-state index in [4.69, 9.17) is 5.11 Å². The number of carboxylic acid groups (broad SMARTS) is 1. The fraction of sp³-hybridized carbons (Fsp3) is 0.286. The van der Waals surface area contributed by atoms with Crippen LogP contribution in [0.15, 0.2) is 54.6 Å². The molecule has 27 heavy (non-hydrogen) atoms. The van der Waals surface area contributed by atoms with Crippen LogP contribution in [-0.4, -0.2) is 46.8 Å². The predicted molar refractivity (Wildman–Crippen MR) is 104 cm³/mol. The normalized spacial score (nSPS) is 11.8. The number of carboxylic acids is 1. The summed E-state index contributed by atoms with van der Waals surface area (Å²) in [6.45, 7) is 3.86. The van der Waals surface area contributed by atoms with Gasteiger partial charge in [-0.3, -0.25) is 19.3 Å². The standard InChI is InChI=1S/C21H24N2O4/c1-3-13-23(14-19(24)25)15(2)21(27)22-18-12-8-7-11-17(18)20(26)16-9-5-4-6-10-16/h4-12,15H,3,13-14H2,1-2H3,(H,22,27)(H,24,25). The van der Waals surface area contributed by atoms with Gasteiger partial charge in [0.05, 0.1) is 18.3 Å². The maximum Gasteiger partial charge on any atom is 0.317 e. The molecule has 6 heteroatoms. The number of ketones is 1. The molecule has 6 nitrogen and oxygen atoms in total. The van der Waals surface area contributed by atoms with Crippen molar-refractivity contribution >= 4 is 23.3 Å². The predicted octanol–water partition coefficient (Wildman–Crippen LogP) is 3.04. The molecule has 2 aromatic carbocycles. The number of carbonyl (C=O) groups excluding carboxylic acids is 2. The van der Waals surface area contributed by atoms with Crippen LogP contribution in [-0.2, 0) is 9.59 Å². The smallest absolute Gasteiger partial charge is 0.317 e. The molecule has 2 aromatic rings. The lowest BCUT2D eigenvalue weighted by Gasteiger charge is -2.26. The van der Waals surface area contributed by atoms with E-state index in [1.165, 1.54) is 0 Å². The first-order valence-electron chi connectivity index (χ1n) is 8.89. The van der Waals surface area contributed by atoms with E-state index in [9.17, 15) is 14.4 Å². The van der Waals surface area contributed by atoms with E-state index in [0.29, 0.717) is 23.4 Å². The number of hydrogen-bond donors (Lipinski definition) is 2. The summed E-state index contributed by atoms with van der Waals surface area (Å²) in [6, 6.07) is 15.0. The third-order valence-corrected chi connectivity index (χ3v) is 4.24. The van der Waals surface area contributed by atoms with Crippen molar-refractivity contribution in [2.75, 3.05) is 18.4 Å². The number of aliphatic carboxylic acids is 1. The van der Waals surface area contributed by atoms with Crippen molar-refractivity contribution in [1.82, 2.24) is 4.90 Å². The molecule has 0 saturated carbocycles. The summed E-state index contributed by atoms with van der Waals surface area (Å²) < 4.78 is 0. The van der Waals surface area contributed by atoms with Gasteiger partial charge in [-0.25, -0.2) is 0 Å². The van der Waals surface area contributed by atoms with Crippen LogP contribution in [0.2, 0.25) is 0 Å². The van der Waals surface area contributed by atoms with Gasteiger partial charge in [0.2, 0.25) is 5.91 Å². The maximum atomic E-state index is 12.8. The molecular weight excluding hydrogens is 344 g/mol. The van der Waals surface area contributed by atoms with Gasteiger partial charge in [0.25, 0.3) is 0 Å². The van der Waals surface area contributed by atoms with Crippen molar-refractivity contribution in [3.05, 3.63) is 65.7 Å². The molecule has 0 aliphatic carbocycles. The number of benzene rings is 2. The van der Waals surface area contributed by atoms with Gasteiger partial charge in [0.1, 0.15) is 0 Å². The summed E-state index contributed by atoms with van der Waals surface area (Å²) in [7, 11) is 0. The van der Waals surface area contributed by atoms with Crippen molar-refractivity contribution in [1.29, 1.82) is 0 Å². The summed E-state index contributed by atoms with van der Waals surface area (Å²) in [5, 5.41) is 11.8. The summed E-state index contributed by atoms with van der Waals surface area (Å²) in [4.78, 5) is 38.1. The quantitative estimate of drug-likeness (QED) is 0.665. The number of nitrogens with zero attached hydrogens (tertiary/aromatic N) is 1. The highest BCUT2D eigenvalue weighted by atomic mass is 16.4. The lowest BCUT2D eigenvalue weighted by Crippen LogP contribution is -2.45. The number of para-hydroxylation sites is 1. The third-order valence-electron chi connectivity index (χ3n) is 4.24. The Morgan fingerprint density at radius 2 is 1.67 bits per heavy atom. The molecule has 0 fully saturated rings. The Morgan fingerprint density at radius 1 is 1.04 bits per heavy atom. The van der Waals surface area contributed by atoms with Crippen LogP contribution in [0.25, 0.3) is 0 Å². The Bertz CT molecular complexity index is 805. The van der Waals surface area contributed by atoms with Crippen LogP contribution < -0.4 is 5.32 Å². The van der Waals surface area contributed by atoms with Crippen LogP contribution in [0, 0.1) is 0 Å². The second-order valence-electron chi connectivity index (χ2n) is 6.27. The van der Waals surface area contributed by atoms with Crippen molar-refractivity contribution < 1.29 is 19.5 Å². The van der Waals surface area contributed by atoms with Crippen LogP contribution in [0.5, 0.6) is 0 Å². The van der Waals surface area contributed by atoms with E-state index >= 15 is 0 Å². The van der Waals surface area contributed by atoms with Crippen LogP contribution in [0.1, 0.15) is 36.2 Å². The Balaban J connectivity index is 2.20. The molecule has 0 aliphatic rings. The summed E-state index contributed by atoms with van der Waals surface area (Å²) in [5.41, 5.74) is 1.34. The first-order valence-corrected chi connectivity index (χ1v) is 8.89. The van der Waals surface area contributed by atoms with Gasteiger partial charge < -0.3 is 10.4 Å². The van der Waals surface area contributed by atoms with E-state index < -0.39 is 12.0 Å². The molecule has 0 spiro atoms. The van der Waals surface area contributed by atoms with Gasteiger partial charge in [-0.05, 0) is 32.0 Å². The third kappa shape index (κ3) is 5.49. The zero-order chi connectivity index (χ0) is 19.8. The minimum absolute atomic E-state index is 0.185. The molecule has 1 amide bonds. The monoisotopic (exact) mass is 368 g/mol. The minimum Gasteiger partial charge on any atom is -0.480 e. The topological polar surface area (TPSA) is 86.7 Å². The lowest BCUT2D eigenvalue weighted by molar-refractivity contribution is -0.139. The fourth-order valence-corrected chi connectivity index (χ4v) is 2.81.